The van der Waals surface area contributed by atoms with E-state index in [1.165, 1.54) is 11.3 Å². The molecular weight excluding hydrogens is 234 g/mol. The Labute approximate surface area is 118 Å². The SMILES string of the molecule is CC(C)Oc1cc(C(C)C)nc(C(C)C)c1C(C)C. The van der Waals surface area contributed by atoms with E-state index in [1.54, 1.807) is 0 Å². The summed E-state index contributed by atoms with van der Waals surface area (Å²) < 4.78 is 6.05. The Hall–Kier alpha value is -1.05. The molecule has 0 aliphatic carbocycles. The van der Waals surface area contributed by atoms with Crippen LogP contribution < -0.4 is 4.74 Å². The zero-order valence-electron chi connectivity index (χ0n) is 13.7. The van der Waals surface area contributed by atoms with E-state index in [1.807, 2.05) is 0 Å². The number of ether oxygens (including phenoxy) is 1. The van der Waals surface area contributed by atoms with E-state index in [-0.39, 0.29) is 6.10 Å². The van der Waals surface area contributed by atoms with E-state index in [0.29, 0.717) is 17.8 Å². The molecule has 1 aromatic rings. The van der Waals surface area contributed by atoms with Gasteiger partial charge in [-0.2, -0.15) is 0 Å². The molecule has 1 rings (SSSR count). The van der Waals surface area contributed by atoms with Crippen LogP contribution in [0.15, 0.2) is 6.07 Å². The Morgan fingerprint density at radius 1 is 0.842 bits per heavy atom. The summed E-state index contributed by atoms with van der Waals surface area (Å²) in [5.74, 6) is 2.30. The maximum absolute atomic E-state index is 6.05. The summed E-state index contributed by atoms with van der Waals surface area (Å²) in [5, 5.41) is 0. The van der Waals surface area contributed by atoms with Crippen molar-refractivity contribution in [3.63, 3.8) is 0 Å². The molecule has 0 amide bonds. The van der Waals surface area contributed by atoms with Crippen molar-refractivity contribution < 1.29 is 4.74 Å². The molecule has 1 heterocycles. The quantitative estimate of drug-likeness (QED) is 0.725. The van der Waals surface area contributed by atoms with E-state index in [9.17, 15) is 0 Å². The van der Waals surface area contributed by atoms with Crippen LogP contribution in [0.3, 0.4) is 0 Å². The second kappa shape index (κ2) is 6.40. The number of hydrogen-bond donors (Lipinski definition) is 0. The lowest BCUT2D eigenvalue weighted by molar-refractivity contribution is 0.238. The van der Waals surface area contributed by atoms with Gasteiger partial charge >= 0.3 is 0 Å². The molecular formula is C17H29NO. The Bertz CT molecular complexity index is 420. The molecule has 0 bridgehead atoms. The Morgan fingerprint density at radius 2 is 1.42 bits per heavy atom. The average Bonchev–Trinajstić information content (AvgIpc) is 2.26. The zero-order chi connectivity index (χ0) is 14.7. The van der Waals surface area contributed by atoms with E-state index < -0.39 is 0 Å². The molecule has 2 heteroatoms. The highest BCUT2D eigenvalue weighted by Gasteiger charge is 2.20. The fourth-order valence-corrected chi connectivity index (χ4v) is 2.24. The summed E-state index contributed by atoms with van der Waals surface area (Å²) >= 11 is 0. The van der Waals surface area contributed by atoms with Gasteiger partial charge in [0.2, 0.25) is 0 Å². The normalized spacial score (nSPS) is 12.0. The van der Waals surface area contributed by atoms with Crippen LogP contribution in [0.5, 0.6) is 5.75 Å². The molecule has 0 radical (unpaired) electrons. The lowest BCUT2D eigenvalue weighted by atomic mass is 9.92. The topological polar surface area (TPSA) is 22.1 Å². The van der Waals surface area contributed by atoms with Gasteiger partial charge in [-0.25, -0.2) is 0 Å². The number of rotatable bonds is 5. The molecule has 0 aliphatic heterocycles. The minimum absolute atomic E-state index is 0.194. The number of pyridine rings is 1. The van der Waals surface area contributed by atoms with Crippen LogP contribution >= 0.6 is 0 Å². The van der Waals surface area contributed by atoms with Crippen molar-refractivity contribution in [3.8, 4) is 5.75 Å². The fourth-order valence-electron chi connectivity index (χ4n) is 2.24. The fraction of sp³-hybridized carbons (Fsp3) is 0.706. The third-order valence-corrected chi connectivity index (χ3v) is 3.15. The summed E-state index contributed by atoms with van der Waals surface area (Å²) in [6.07, 6.45) is 0.194. The van der Waals surface area contributed by atoms with Crippen molar-refractivity contribution in [2.45, 2.75) is 79.2 Å². The zero-order valence-corrected chi connectivity index (χ0v) is 13.7. The summed E-state index contributed by atoms with van der Waals surface area (Å²) in [6.45, 7) is 17.4. The average molecular weight is 263 g/mol. The van der Waals surface area contributed by atoms with Gasteiger partial charge in [-0.05, 0) is 31.6 Å². The van der Waals surface area contributed by atoms with Gasteiger partial charge in [0.1, 0.15) is 5.75 Å². The van der Waals surface area contributed by atoms with Gasteiger partial charge in [0.05, 0.1) is 11.8 Å². The van der Waals surface area contributed by atoms with Crippen molar-refractivity contribution in [3.05, 3.63) is 23.0 Å². The second-order valence-corrected chi connectivity index (χ2v) is 6.47. The highest BCUT2D eigenvalue weighted by Crippen LogP contribution is 2.35. The van der Waals surface area contributed by atoms with Crippen LogP contribution in [0, 0.1) is 0 Å². The lowest BCUT2D eigenvalue weighted by Gasteiger charge is -2.23. The van der Waals surface area contributed by atoms with Crippen LogP contribution in [0.2, 0.25) is 0 Å². The first kappa shape index (κ1) is 16.0. The number of hydrogen-bond acceptors (Lipinski definition) is 2. The lowest BCUT2D eigenvalue weighted by Crippen LogP contribution is -2.13. The van der Waals surface area contributed by atoms with Crippen LogP contribution in [-0.4, -0.2) is 11.1 Å². The first-order chi connectivity index (χ1) is 8.73. The number of nitrogens with zero attached hydrogens (tertiary/aromatic N) is 1. The van der Waals surface area contributed by atoms with Crippen molar-refractivity contribution in [1.82, 2.24) is 4.98 Å². The van der Waals surface area contributed by atoms with Crippen molar-refractivity contribution in [2.24, 2.45) is 0 Å². The van der Waals surface area contributed by atoms with Crippen LogP contribution in [0.1, 0.15) is 90.1 Å². The molecule has 0 aromatic carbocycles. The van der Waals surface area contributed by atoms with Gasteiger partial charge < -0.3 is 4.74 Å². The minimum atomic E-state index is 0.194. The molecule has 108 valence electrons. The molecule has 0 atom stereocenters. The summed E-state index contributed by atoms with van der Waals surface area (Å²) in [6, 6.07) is 2.13. The predicted molar refractivity (Wildman–Crippen MR) is 82.3 cm³/mol. The van der Waals surface area contributed by atoms with E-state index in [4.69, 9.17) is 9.72 Å². The third-order valence-electron chi connectivity index (χ3n) is 3.15. The van der Waals surface area contributed by atoms with Crippen molar-refractivity contribution in [2.75, 3.05) is 0 Å². The minimum Gasteiger partial charge on any atom is -0.491 e. The van der Waals surface area contributed by atoms with Crippen LogP contribution in [0.4, 0.5) is 0 Å². The van der Waals surface area contributed by atoms with Crippen LogP contribution in [0.25, 0.3) is 0 Å². The standard InChI is InChI=1S/C17H29NO/c1-10(2)14-9-15(19-13(7)8)16(11(3)4)17(18-14)12(5)6/h9-13H,1-8H3. The van der Waals surface area contributed by atoms with Crippen molar-refractivity contribution >= 4 is 0 Å². The molecule has 0 unspecified atom stereocenters. The largest absolute Gasteiger partial charge is 0.491 e. The highest BCUT2D eigenvalue weighted by molar-refractivity contribution is 5.42. The Morgan fingerprint density at radius 3 is 1.79 bits per heavy atom. The summed E-state index contributed by atoms with van der Waals surface area (Å²) in [5.41, 5.74) is 3.59. The predicted octanol–water partition coefficient (Wildman–Crippen LogP) is 5.24. The number of aromatic nitrogens is 1. The van der Waals surface area contributed by atoms with Crippen LogP contribution in [-0.2, 0) is 0 Å². The van der Waals surface area contributed by atoms with Gasteiger partial charge in [-0.3, -0.25) is 4.98 Å². The molecule has 0 saturated carbocycles. The Kier molecular flexibility index (Phi) is 5.39. The monoisotopic (exact) mass is 263 g/mol. The van der Waals surface area contributed by atoms with Crippen molar-refractivity contribution in [1.29, 1.82) is 0 Å². The Balaban J connectivity index is 3.46. The van der Waals surface area contributed by atoms with E-state index in [2.05, 4.69) is 61.5 Å². The molecule has 0 fully saturated rings. The molecule has 19 heavy (non-hydrogen) atoms. The van der Waals surface area contributed by atoms with E-state index >= 15 is 0 Å². The van der Waals surface area contributed by atoms with Gasteiger partial charge in [-0.1, -0.05) is 41.5 Å². The van der Waals surface area contributed by atoms with E-state index in [0.717, 1.165) is 11.4 Å². The second-order valence-electron chi connectivity index (χ2n) is 6.47. The summed E-state index contributed by atoms with van der Waals surface area (Å²) in [4.78, 5) is 4.88. The molecule has 2 nitrogen and oxygen atoms in total. The van der Waals surface area contributed by atoms with Gasteiger partial charge in [0, 0.05) is 17.3 Å². The van der Waals surface area contributed by atoms with Gasteiger partial charge in [-0.15, -0.1) is 0 Å². The van der Waals surface area contributed by atoms with Gasteiger partial charge in [0.25, 0.3) is 0 Å². The molecule has 0 aliphatic rings. The first-order valence-electron chi connectivity index (χ1n) is 7.45. The maximum Gasteiger partial charge on any atom is 0.126 e. The first-order valence-corrected chi connectivity index (χ1v) is 7.45. The highest BCUT2D eigenvalue weighted by atomic mass is 16.5. The molecule has 0 spiro atoms. The third kappa shape index (κ3) is 3.95. The maximum atomic E-state index is 6.05. The smallest absolute Gasteiger partial charge is 0.126 e. The molecule has 0 N–H and O–H groups in total. The summed E-state index contributed by atoms with van der Waals surface area (Å²) in [7, 11) is 0. The molecule has 0 saturated heterocycles. The molecule has 1 aromatic heterocycles. The van der Waals surface area contributed by atoms with Gasteiger partial charge in [0.15, 0.2) is 0 Å².